The predicted molar refractivity (Wildman–Crippen MR) is 104 cm³/mol. The van der Waals surface area contributed by atoms with Crippen molar-refractivity contribution in [3.63, 3.8) is 0 Å². The molecule has 0 saturated carbocycles. The molecule has 0 bridgehead atoms. The summed E-state index contributed by atoms with van der Waals surface area (Å²) in [7, 11) is 3.28. The maximum Gasteiger partial charge on any atom is 0.269 e. The lowest BCUT2D eigenvalue weighted by atomic mass is 10.0. The molecule has 0 unspecified atom stereocenters. The highest BCUT2D eigenvalue weighted by atomic mass is 16.5. The summed E-state index contributed by atoms with van der Waals surface area (Å²) >= 11 is 0. The minimum atomic E-state index is -0.0165. The highest BCUT2D eigenvalue weighted by molar-refractivity contribution is 5.52. The van der Waals surface area contributed by atoms with Crippen molar-refractivity contribution in [3.05, 3.63) is 39.7 Å². The quantitative estimate of drug-likeness (QED) is 0.859. The molecule has 2 aromatic rings. The Kier molecular flexibility index (Phi) is 5.59. The van der Waals surface area contributed by atoms with Gasteiger partial charge < -0.3 is 14.4 Å². The number of anilines is 1. The summed E-state index contributed by atoms with van der Waals surface area (Å²) in [6.07, 6.45) is 4.13. The topological polar surface area (TPSA) is 59.5 Å². The third kappa shape index (κ3) is 3.59. The number of benzene rings is 1. The van der Waals surface area contributed by atoms with Gasteiger partial charge in [-0.15, -0.1) is 0 Å². The number of aromatic amines is 1. The van der Waals surface area contributed by atoms with Crippen LogP contribution in [0.2, 0.25) is 0 Å². The van der Waals surface area contributed by atoms with Crippen molar-refractivity contribution >= 4 is 5.82 Å². The second-order valence-electron chi connectivity index (χ2n) is 7.11. The van der Waals surface area contributed by atoms with Gasteiger partial charge >= 0.3 is 0 Å². The fraction of sp³-hybridized carbons (Fsp3) is 0.550. The van der Waals surface area contributed by atoms with Gasteiger partial charge in [-0.05, 0) is 44.7 Å². The van der Waals surface area contributed by atoms with Crippen LogP contribution in [0.4, 0.5) is 5.82 Å². The maximum absolute atomic E-state index is 12.8. The van der Waals surface area contributed by atoms with Crippen molar-refractivity contribution in [2.24, 2.45) is 0 Å². The third-order valence-corrected chi connectivity index (χ3v) is 5.03. The maximum atomic E-state index is 12.8. The van der Waals surface area contributed by atoms with E-state index >= 15 is 0 Å². The Balaban J connectivity index is 2.03. The van der Waals surface area contributed by atoms with Gasteiger partial charge in [0.2, 0.25) is 0 Å². The fourth-order valence-corrected chi connectivity index (χ4v) is 3.65. The molecule has 0 radical (unpaired) electrons. The van der Waals surface area contributed by atoms with E-state index < -0.39 is 0 Å². The zero-order valence-corrected chi connectivity index (χ0v) is 16.2. The van der Waals surface area contributed by atoms with Crippen LogP contribution >= 0.6 is 0 Å². The Morgan fingerprint density at radius 1 is 1.12 bits per heavy atom. The number of hydrogen-bond acceptors (Lipinski definition) is 4. The second-order valence-corrected chi connectivity index (χ2v) is 7.11. The number of methoxy groups -OCH3 is 2. The van der Waals surface area contributed by atoms with E-state index in [1.54, 1.807) is 14.2 Å². The molecule has 1 saturated heterocycles. The minimum Gasteiger partial charge on any atom is -0.497 e. The zero-order valence-electron chi connectivity index (χ0n) is 16.2. The average Bonchev–Trinajstić information content (AvgIpc) is 2.99. The van der Waals surface area contributed by atoms with Gasteiger partial charge in [-0.3, -0.25) is 14.6 Å². The molecule has 1 aliphatic heterocycles. The molecule has 1 aliphatic rings. The fourth-order valence-electron chi connectivity index (χ4n) is 3.65. The summed E-state index contributed by atoms with van der Waals surface area (Å²) < 4.78 is 12.8. The van der Waals surface area contributed by atoms with Crippen molar-refractivity contribution in [2.45, 2.75) is 45.6 Å². The van der Waals surface area contributed by atoms with E-state index in [0.29, 0.717) is 6.42 Å². The molecule has 0 spiro atoms. The summed E-state index contributed by atoms with van der Waals surface area (Å²) in [6, 6.07) is 5.95. The first-order valence-corrected chi connectivity index (χ1v) is 9.34. The molecule has 3 rings (SSSR count). The van der Waals surface area contributed by atoms with E-state index in [0.717, 1.165) is 41.5 Å². The van der Waals surface area contributed by atoms with Crippen LogP contribution in [0.15, 0.2) is 23.0 Å². The van der Waals surface area contributed by atoms with E-state index in [9.17, 15) is 4.79 Å². The van der Waals surface area contributed by atoms with Crippen LogP contribution in [0.25, 0.3) is 0 Å². The molecule has 1 fully saturated rings. The number of aromatic nitrogens is 2. The number of H-pyrrole nitrogens is 1. The standard InChI is InChI=1S/C20H29N3O3/c1-14(2)23-20(22-10-6-5-7-11-22)17(19(24)21-23)12-15-8-9-16(25-3)13-18(15)26-4/h8-9,13-14H,5-7,10-12H2,1-4H3,(H,21,24). The van der Waals surface area contributed by atoms with Gasteiger partial charge in [0.1, 0.15) is 17.3 Å². The largest absolute Gasteiger partial charge is 0.497 e. The molecule has 1 aromatic heterocycles. The predicted octanol–water partition coefficient (Wildman–Crippen LogP) is 3.36. The number of hydrogen-bond donors (Lipinski definition) is 1. The first kappa shape index (κ1) is 18.4. The third-order valence-electron chi connectivity index (χ3n) is 5.03. The Labute approximate surface area is 154 Å². The Morgan fingerprint density at radius 3 is 2.46 bits per heavy atom. The van der Waals surface area contributed by atoms with Gasteiger partial charge in [-0.25, -0.2) is 0 Å². The van der Waals surface area contributed by atoms with Crippen molar-refractivity contribution in [2.75, 3.05) is 32.2 Å². The molecule has 6 nitrogen and oxygen atoms in total. The van der Waals surface area contributed by atoms with E-state index in [-0.39, 0.29) is 11.6 Å². The molecule has 2 heterocycles. The van der Waals surface area contributed by atoms with Crippen molar-refractivity contribution in [1.29, 1.82) is 0 Å². The Morgan fingerprint density at radius 2 is 1.85 bits per heavy atom. The molecule has 0 amide bonds. The molecule has 26 heavy (non-hydrogen) atoms. The van der Waals surface area contributed by atoms with E-state index in [1.807, 2.05) is 22.9 Å². The van der Waals surface area contributed by atoms with Crippen LogP contribution < -0.4 is 19.9 Å². The van der Waals surface area contributed by atoms with Crippen LogP contribution in [0.1, 0.15) is 50.3 Å². The van der Waals surface area contributed by atoms with Crippen LogP contribution in [0.5, 0.6) is 11.5 Å². The number of ether oxygens (including phenoxy) is 2. The smallest absolute Gasteiger partial charge is 0.269 e. The van der Waals surface area contributed by atoms with E-state index in [2.05, 4.69) is 23.8 Å². The number of nitrogens with zero attached hydrogens (tertiary/aromatic N) is 2. The van der Waals surface area contributed by atoms with Crippen molar-refractivity contribution < 1.29 is 9.47 Å². The molecule has 142 valence electrons. The summed E-state index contributed by atoms with van der Waals surface area (Å²) in [4.78, 5) is 15.1. The number of rotatable bonds is 6. The molecular weight excluding hydrogens is 330 g/mol. The van der Waals surface area contributed by atoms with E-state index in [4.69, 9.17) is 9.47 Å². The van der Waals surface area contributed by atoms with Crippen LogP contribution in [0, 0.1) is 0 Å². The SMILES string of the molecule is COc1ccc(Cc2c(N3CCCCC3)n(C(C)C)[nH]c2=O)c(OC)c1. The molecule has 1 N–H and O–H groups in total. The minimum absolute atomic E-state index is 0.0165. The van der Waals surface area contributed by atoms with Crippen molar-refractivity contribution in [1.82, 2.24) is 9.78 Å². The second kappa shape index (κ2) is 7.89. The first-order chi connectivity index (χ1) is 12.5. The highest BCUT2D eigenvalue weighted by Crippen LogP contribution is 2.31. The summed E-state index contributed by atoms with van der Waals surface area (Å²) in [6.45, 7) is 6.19. The molecule has 6 heteroatoms. The number of nitrogens with one attached hydrogen (secondary N) is 1. The number of piperidine rings is 1. The normalized spacial score (nSPS) is 14.7. The highest BCUT2D eigenvalue weighted by Gasteiger charge is 2.24. The Bertz CT molecular complexity index is 801. The molecule has 0 atom stereocenters. The van der Waals surface area contributed by atoms with E-state index in [1.165, 1.54) is 19.3 Å². The molecule has 0 aliphatic carbocycles. The molecule has 1 aromatic carbocycles. The van der Waals surface area contributed by atoms with Gasteiger partial charge in [-0.1, -0.05) is 6.07 Å². The first-order valence-electron chi connectivity index (χ1n) is 9.34. The zero-order chi connectivity index (χ0) is 18.7. The van der Waals surface area contributed by atoms with Crippen LogP contribution in [-0.4, -0.2) is 37.1 Å². The lowest BCUT2D eigenvalue weighted by Crippen LogP contribution is -2.32. The van der Waals surface area contributed by atoms with Crippen LogP contribution in [0.3, 0.4) is 0 Å². The Hall–Kier alpha value is -2.37. The van der Waals surface area contributed by atoms with Crippen molar-refractivity contribution in [3.8, 4) is 11.5 Å². The van der Waals surface area contributed by atoms with Crippen LogP contribution in [-0.2, 0) is 6.42 Å². The van der Waals surface area contributed by atoms with Gasteiger partial charge in [0.25, 0.3) is 5.56 Å². The summed E-state index contributed by atoms with van der Waals surface area (Å²) in [5.41, 5.74) is 1.78. The monoisotopic (exact) mass is 359 g/mol. The van der Waals surface area contributed by atoms with Gasteiger partial charge in [0.05, 0.1) is 19.8 Å². The summed E-state index contributed by atoms with van der Waals surface area (Å²) in [5, 5.41) is 3.04. The lowest BCUT2D eigenvalue weighted by molar-refractivity contribution is 0.391. The van der Waals surface area contributed by atoms with Gasteiger partial charge in [0.15, 0.2) is 0 Å². The average molecular weight is 359 g/mol. The van der Waals surface area contributed by atoms with Gasteiger partial charge in [-0.2, -0.15) is 0 Å². The van der Waals surface area contributed by atoms with Gasteiger partial charge in [0, 0.05) is 31.6 Å². The molecular formula is C20H29N3O3. The lowest BCUT2D eigenvalue weighted by Gasteiger charge is -2.31. The summed E-state index contributed by atoms with van der Waals surface area (Å²) in [5.74, 6) is 2.52.